The van der Waals surface area contributed by atoms with Crippen LogP contribution >= 0.6 is 11.3 Å². The van der Waals surface area contributed by atoms with E-state index < -0.39 is 10.0 Å². The molecule has 9 heteroatoms. The van der Waals surface area contributed by atoms with E-state index in [2.05, 4.69) is 15.6 Å². The van der Waals surface area contributed by atoms with Crippen molar-refractivity contribution in [2.24, 2.45) is 0 Å². The van der Waals surface area contributed by atoms with Gasteiger partial charge in [0.15, 0.2) is 0 Å². The number of amides is 1. The average Bonchev–Trinajstić information content (AvgIpc) is 2.95. The second-order valence-electron chi connectivity index (χ2n) is 5.93. The topological polar surface area (TPSA) is 91.4 Å². The fraction of sp³-hybridized carbons (Fsp3) is 0.444. The second-order valence-corrected chi connectivity index (χ2v) is 9.07. The van der Waals surface area contributed by atoms with Crippen molar-refractivity contribution < 1.29 is 13.2 Å². The molecule has 1 aromatic heterocycles. The lowest BCUT2D eigenvalue weighted by molar-refractivity contribution is 0.103. The number of rotatable bonds is 8. The molecule has 27 heavy (non-hydrogen) atoms. The van der Waals surface area contributed by atoms with Crippen LogP contribution in [0.25, 0.3) is 0 Å². The van der Waals surface area contributed by atoms with Gasteiger partial charge in [0.25, 0.3) is 5.91 Å². The standard InChI is InChI=1S/C18H26N4O3S2/c1-6-19-15-10-9-14(27(24,25)22(7-2)8-3)11-16(15)21-18(23)17-12(4)20-13(5)26-17/h9-11,19H,6-8H2,1-5H3,(H,21,23). The Labute approximate surface area is 164 Å². The predicted octanol–water partition coefficient (Wildman–Crippen LogP) is 3.47. The van der Waals surface area contributed by atoms with Gasteiger partial charge in [-0.3, -0.25) is 4.79 Å². The average molecular weight is 411 g/mol. The van der Waals surface area contributed by atoms with Gasteiger partial charge in [-0.25, -0.2) is 13.4 Å². The molecule has 0 aliphatic heterocycles. The van der Waals surface area contributed by atoms with Gasteiger partial charge in [0.05, 0.1) is 27.0 Å². The molecule has 148 valence electrons. The van der Waals surface area contributed by atoms with Crippen LogP contribution in [0.2, 0.25) is 0 Å². The fourth-order valence-electron chi connectivity index (χ4n) is 2.77. The van der Waals surface area contributed by atoms with Crippen LogP contribution in [0.15, 0.2) is 23.1 Å². The van der Waals surface area contributed by atoms with Crippen molar-refractivity contribution >= 4 is 38.6 Å². The van der Waals surface area contributed by atoms with Crippen molar-refractivity contribution in [3.8, 4) is 0 Å². The molecule has 2 rings (SSSR count). The molecule has 1 amide bonds. The molecule has 0 fully saturated rings. The van der Waals surface area contributed by atoms with Crippen LogP contribution in [-0.2, 0) is 10.0 Å². The summed E-state index contributed by atoms with van der Waals surface area (Å²) in [7, 11) is -3.62. The van der Waals surface area contributed by atoms with E-state index in [9.17, 15) is 13.2 Å². The maximum absolute atomic E-state index is 12.8. The molecule has 0 aliphatic rings. The largest absolute Gasteiger partial charge is 0.384 e. The number of nitrogens with zero attached hydrogens (tertiary/aromatic N) is 2. The molecule has 0 atom stereocenters. The molecule has 0 saturated heterocycles. The molecule has 2 N–H and O–H groups in total. The first-order chi connectivity index (χ1) is 12.7. The van der Waals surface area contributed by atoms with Gasteiger partial charge in [-0.05, 0) is 39.0 Å². The zero-order valence-corrected chi connectivity index (χ0v) is 17.9. The van der Waals surface area contributed by atoms with Gasteiger partial charge in [0.1, 0.15) is 4.88 Å². The Balaban J connectivity index is 2.44. The summed E-state index contributed by atoms with van der Waals surface area (Å²) in [5, 5.41) is 6.80. The molecule has 0 saturated carbocycles. The lowest BCUT2D eigenvalue weighted by Crippen LogP contribution is -2.30. The number of hydrogen-bond donors (Lipinski definition) is 2. The summed E-state index contributed by atoms with van der Waals surface area (Å²) in [6.45, 7) is 10.6. The summed E-state index contributed by atoms with van der Waals surface area (Å²) >= 11 is 1.31. The summed E-state index contributed by atoms with van der Waals surface area (Å²) in [6.07, 6.45) is 0. The van der Waals surface area contributed by atoms with Crippen molar-refractivity contribution in [1.29, 1.82) is 0 Å². The van der Waals surface area contributed by atoms with Crippen molar-refractivity contribution in [2.75, 3.05) is 30.3 Å². The Kier molecular flexibility index (Phi) is 6.96. The highest BCUT2D eigenvalue weighted by Gasteiger charge is 2.23. The second kappa shape index (κ2) is 8.81. The van der Waals surface area contributed by atoms with Gasteiger partial charge in [0.2, 0.25) is 10.0 Å². The summed E-state index contributed by atoms with van der Waals surface area (Å²) in [5.74, 6) is -0.297. The number of carbonyl (C=O) groups excluding carboxylic acids is 1. The van der Waals surface area contributed by atoms with E-state index >= 15 is 0 Å². The summed E-state index contributed by atoms with van der Waals surface area (Å²) in [4.78, 5) is 17.6. The normalized spacial score (nSPS) is 11.6. The van der Waals surface area contributed by atoms with Gasteiger partial charge < -0.3 is 10.6 Å². The Morgan fingerprint density at radius 3 is 2.33 bits per heavy atom. The van der Waals surface area contributed by atoms with Crippen LogP contribution < -0.4 is 10.6 Å². The third kappa shape index (κ3) is 4.66. The smallest absolute Gasteiger partial charge is 0.267 e. The number of nitrogens with one attached hydrogen (secondary N) is 2. The fourth-order valence-corrected chi connectivity index (χ4v) is 5.07. The Morgan fingerprint density at radius 2 is 1.81 bits per heavy atom. The van der Waals surface area contributed by atoms with Crippen LogP contribution in [0.3, 0.4) is 0 Å². The minimum Gasteiger partial charge on any atom is -0.384 e. The first-order valence-corrected chi connectivity index (χ1v) is 11.1. The number of aryl methyl sites for hydroxylation is 2. The quantitative estimate of drug-likeness (QED) is 0.695. The van der Waals surface area contributed by atoms with E-state index in [0.717, 1.165) is 5.01 Å². The molecule has 0 unspecified atom stereocenters. The minimum absolute atomic E-state index is 0.153. The Morgan fingerprint density at radius 1 is 1.15 bits per heavy atom. The third-order valence-electron chi connectivity index (χ3n) is 4.06. The number of aromatic nitrogens is 1. The minimum atomic E-state index is -3.62. The molecule has 0 bridgehead atoms. The zero-order chi connectivity index (χ0) is 20.2. The highest BCUT2D eigenvalue weighted by Crippen LogP contribution is 2.28. The zero-order valence-electron chi connectivity index (χ0n) is 16.3. The van der Waals surface area contributed by atoms with Crippen LogP contribution in [0, 0.1) is 13.8 Å². The molecule has 2 aromatic rings. The summed E-state index contributed by atoms with van der Waals surface area (Å²) in [5.41, 5.74) is 1.76. The molecule has 1 aromatic carbocycles. The van der Waals surface area contributed by atoms with Crippen LogP contribution in [0.1, 0.15) is 41.1 Å². The molecule has 0 spiro atoms. The van der Waals surface area contributed by atoms with E-state index in [1.165, 1.54) is 21.7 Å². The van der Waals surface area contributed by atoms with E-state index in [1.54, 1.807) is 32.9 Å². The van der Waals surface area contributed by atoms with E-state index in [-0.39, 0.29) is 10.8 Å². The Bertz CT molecular complexity index is 919. The van der Waals surface area contributed by atoms with Crippen molar-refractivity contribution in [1.82, 2.24) is 9.29 Å². The van der Waals surface area contributed by atoms with Crippen molar-refractivity contribution in [2.45, 2.75) is 39.5 Å². The Hall–Kier alpha value is -1.97. The molecule has 1 heterocycles. The predicted molar refractivity (Wildman–Crippen MR) is 110 cm³/mol. The van der Waals surface area contributed by atoms with E-state index in [0.29, 0.717) is 41.6 Å². The molecule has 7 nitrogen and oxygen atoms in total. The molecule has 0 radical (unpaired) electrons. The molecular weight excluding hydrogens is 384 g/mol. The van der Waals surface area contributed by atoms with Gasteiger partial charge >= 0.3 is 0 Å². The van der Waals surface area contributed by atoms with Gasteiger partial charge in [-0.15, -0.1) is 11.3 Å². The first kappa shape index (κ1) is 21.3. The van der Waals surface area contributed by atoms with Crippen molar-refractivity contribution in [3.05, 3.63) is 33.8 Å². The maximum Gasteiger partial charge on any atom is 0.267 e. The number of thiazole rings is 1. The molecule has 0 aliphatic carbocycles. The highest BCUT2D eigenvalue weighted by atomic mass is 32.2. The monoisotopic (exact) mass is 410 g/mol. The number of benzene rings is 1. The van der Waals surface area contributed by atoms with Crippen LogP contribution in [-0.4, -0.2) is 43.2 Å². The maximum atomic E-state index is 12.8. The SMILES string of the molecule is CCNc1ccc(S(=O)(=O)N(CC)CC)cc1NC(=O)c1sc(C)nc1C. The summed E-state index contributed by atoms with van der Waals surface area (Å²) in [6, 6.07) is 4.75. The summed E-state index contributed by atoms with van der Waals surface area (Å²) < 4.78 is 27.0. The van der Waals surface area contributed by atoms with E-state index in [1.807, 2.05) is 13.8 Å². The van der Waals surface area contributed by atoms with Crippen LogP contribution in [0.4, 0.5) is 11.4 Å². The number of anilines is 2. The van der Waals surface area contributed by atoms with Gasteiger partial charge in [-0.2, -0.15) is 4.31 Å². The highest BCUT2D eigenvalue weighted by molar-refractivity contribution is 7.89. The third-order valence-corrected chi connectivity index (χ3v) is 7.18. The molecular formula is C18H26N4O3S2. The lowest BCUT2D eigenvalue weighted by Gasteiger charge is -2.20. The first-order valence-electron chi connectivity index (χ1n) is 8.87. The number of carbonyl (C=O) groups is 1. The van der Waals surface area contributed by atoms with Gasteiger partial charge in [0, 0.05) is 19.6 Å². The number of sulfonamides is 1. The van der Waals surface area contributed by atoms with Crippen LogP contribution in [0.5, 0.6) is 0 Å². The van der Waals surface area contributed by atoms with Crippen molar-refractivity contribution in [3.63, 3.8) is 0 Å². The lowest BCUT2D eigenvalue weighted by atomic mass is 10.2. The number of hydrogen-bond acceptors (Lipinski definition) is 6. The van der Waals surface area contributed by atoms with Gasteiger partial charge in [-0.1, -0.05) is 13.8 Å². The van der Waals surface area contributed by atoms with E-state index in [4.69, 9.17) is 0 Å².